The van der Waals surface area contributed by atoms with Crippen molar-refractivity contribution in [3.8, 4) is 5.75 Å². The van der Waals surface area contributed by atoms with E-state index in [2.05, 4.69) is 34.7 Å². The molecule has 0 amide bonds. The normalized spacial score (nSPS) is 10.7. The number of hydrogen-bond acceptors (Lipinski definition) is 3. The Balaban J connectivity index is 2.67. The highest BCUT2D eigenvalue weighted by Gasteiger charge is 2.10. The van der Waals surface area contributed by atoms with E-state index in [1.54, 1.807) is 0 Å². The van der Waals surface area contributed by atoms with Crippen LogP contribution in [-0.2, 0) is 0 Å². The summed E-state index contributed by atoms with van der Waals surface area (Å²) in [5.41, 5.74) is 6.18. The maximum atomic E-state index is 7.57. The number of nitrogen functional groups attached to an aromatic ring is 1. The molecular weight excluding hydrogens is 294 g/mol. The number of nitrogens with zero attached hydrogens (tertiary/aromatic N) is 1. The van der Waals surface area contributed by atoms with Crippen molar-refractivity contribution in [1.29, 1.82) is 5.41 Å². The third-order valence-corrected chi connectivity index (χ3v) is 3.47. The zero-order valence-corrected chi connectivity index (χ0v) is 12.5. The van der Waals surface area contributed by atoms with Gasteiger partial charge in [-0.3, -0.25) is 5.41 Å². The molecule has 5 heteroatoms. The average Bonchev–Trinajstić information content (AvgIpc) is 2.34. The number of benzene rings is 1. The number of nitrogens with one attached hydrogen (secondary N) is 1. The van der Waals surface area contributed by atoms with E-state index in [-0.39, 0.29) is 5.84 Å². The summed E-state index contributed by atoms with van der Waals surface area (Å²) in [6, 6.07) is 5.57. The van der Waals surface area contributed by atoms with Crippen molar-refractivity contribution in [1.82, 2.24) is 4.90 Å². The summed E-state index contributed by atoms with van der Waals surface area (Å²) in [4.78, 5) is 2.28. The first kappa shape index (κ1) is 15.0. The predicted octanol–water partition coefficient (Wildman–Crippen LogP) is 2.45. The number of halogens is 1. The van der Waals surface area contributed by atoms with Crippen molar-refractivity contribution in [2.24, 2.45) is 5.73 Å². The highest BCUT2D eigenvalue weighted by atomic mass is 79.9. The molecule has 0 aliphatic heterocycles. The molecular formula is C13H20BrN3O. The smallest absolute Gasteiger partial charge is 0.131 e. The largest absolute Gasteiger partial charge is 0.491 e. The average molecular weight is 314 g/mol. The maximum Gasteiger partial charge on any atom is 0.131 e. The highest BCUT2D eigenvalue weighted by molar-refractivity contribution is 9.10. The molecule has 4 nitrogen and oxygen atoms in total. The van der Waals surface area contributed by atoms with Gasteiger partial charge < -0.3 is 15.4 Å². The van der Waals surface area contributed by atoms with Gasteiger partial charge in [0, 0.05) is 11.0 Å². The van der Waals surface area contributed by atoms with Gasteiger partial charge in [0.2, 0.25) is 0 Å². The van der Waals surface area contributed by atoms with Gasteiger partial charge in [0.05, 0.1) is 5.56 Å². The zero-order valence-electron chi connectivity index (χ0n) is 10.9. The molecule has 0 spiro atoms. The van der Waals surface area contributed by atoms with Crippen molar-refractivity contribution in [2.75, 3.05) is 26.2 Å². The van der Waals surface area contributed by atoms with Gasteiger partial charge >= 0.3 is 0 Å². The van der Waals surface area contributed by atoms with Crippen molar-refractivity contribution >= 4 is 21.8 Å². The lowest BCUT2D eigenvalue weighted by atomic mass is 10.2. The first-order valence-electron chi connectivity index (χ1n) is 6.08. The minimum absolute atomic E-state index is 0.0142. The summed E-state index contributed by atoms with van der Waals surface area (Å²) in [5.74, 6) is 0.671. The Bertz CT molecular complexity index is 405. The van der Waals surface area contributed by atoms with Crippen LogP contribution in [0.15, 0.2) is 22.7 Å². The van der Waals surface area contributed by atoms with E-state index in [1.165, 1.54) is 0 Å². The van der Waals surface area contributed by atoms with Gasteiger partial charge in [0.1, 0.15) is 18.2 Å². The molecule has 0 radical (unpaired) electrons. The quantitative estimate of drug-likeness (QED) is 0.600. The van der Waals surface area contributed by atoms with Crippen molar-refractivity contribution < 1.29 is 4.74 Å². The number of amidine groups is 1. The van der Waals surface area contributed by atoms with Crippen LogP contribution in [-0.4, -0.2) is 37.0 Å². The van der Waals surface area contributed by atoms with E-state index >= 15 is 0 Å². The molecule has 18 heavy (non-hydrogen) atoms. The molecule has 100 valence electrons. The van der Waals surface area contributed by atoms with E-state index in [4.69, 9.17) is 15.9 Å². The SMILES string of the molecule is CCN(CC)CCOc1cccc(Br)c1C(=N)N. The molecule has 0 aliphatic rings. The molecule has 0 saturated carbocycles. The third-order valence-electron chi connectivity index (χ3n) is 2.80. The summed E-state index contributed by atoms with van der Waals surface area (Å²) in [7, 11) is 0. The van der Waals surface area contributed by atoms with Gasteiger partial charge in [-0.15, -0.1) is 0 Å². The van der Waals surface area contributed by atoms with Gasteiger partial charge in [0.25, 0.3) is 0 Å². The molecule has 0 fully saturated rings. The van der Waals surface area contributed by atoms with E-state index in [9.17, 15) is 0 Å². The first-order valence-corrected chi connectivity index (χ1v) is 6.87. The minimum Gasteiger partial charge on any atom is -0.491 e. The monoisotopic (exact) mass is 313 g/mol. The van der Waals surface area contributed by atoms with Crippen LogP contribution >= 0.6 is 15.9 Å². The van der Waals surface area contributed by atoms with Crippen LogP contribution < -0.4 is 10.5 Å². The predicted molar refractivity (Wildman–Crippen MR) is 78.4 cm³/mol. The Kier molecular flexibility index (Phi) is 6.15. The second kappa shape index (κ2) is 7.38. The molecule has 0 bridgehead atoms. The Hall–Kier alpha value is -1.07. The lowest BCUT2D eigenvalue weighted by Gasteiger charge is -2.19. The standard InChI is InChI=1S/C13H20BrN3O/c1-3-17(4-2)8-9-18-11-7-5-6-10(14)12(11)13(15)16/h5-7H,3-4,8-9H2,1-2H3,(H3,15,16). The molecule has 0 aromatic heterocycles. The number of ether oxygens (including phenoxy) is 1. The van der Waals surface area contributed by atoms with Crippen LogP contribution in [0.25, 0.3) is 0 Å². The zero-order chi connectivity index (χ0) is 13.5. The molecule has 0 heterocycles. The van der Waals surface area contributed by atoms with E-state index in [0.717, 1.165) is 24.1 Å². The van der Waals surface area contributed by atoms with Crippen LogP contribution in [0.5, 0.6) is 5.75 Å². The van der Waals surface area contributed by atoms with E-state index < -0.39 is 0 Å². The summed E-state index contributed by atoms with van der Waals surface area (Å²) in [6.45, 7) is 7.75. The van der Waals surface area contributed by atoms with Crippen LogP contribution in [0.3, 0.4) is 0 Å². The molecule has 0 saturated heterocycles. The number of likely N-dealkylation sites (N-methyl/N-ethyl adjacent to an activating group) is 1. The molecule has 1 rings (SSSR count). The summed E-state index contributed by atoms with van der Waals surface area (Å²) in [5, 5.41) is 7.57. The topological polar surface area (TPSA) is 62.3 Å². The summed E-state index contributed by atoms with van der Waals surface area (Å²) < 4.78 is 6.51. The van der Waals surface area contributed by atoms with Crippen LogP contribution in [0.4, 0.5) is 0 Å². The fourth-order valence-corrected chi connectivity index (χ4v) is 2.27. The van der Waals surface area contributed by atoms with Crippen LogP contribution in [0, 0.1) is 5.41 Å². The molecule has 1 aromatic rings. The lowest BCUT2D eigenvalue weighted by molar-refractivity contribution is 0.222. The number of nitrogens with two attached hydrogens (primary N) is 1. The fourth-order valence-electron chi connectivity index (χ4n) is 1.71. The van der Waals surface area contributed by atoms with Crippen LogP contribution in [0.1, 0.15) is 19.4 Å². The number of rotatable bonds is 7. The summed E-state index contributed by atoms with van der Waals surface area (Å²) in [6.07, 6.45) is 0. The molecule has 3 N–H and O–H groups in total. The van der Waals surface area contributed by atoms with Gasteiger partial charge in [-0.2, -0.15) is 0 Å². The highest BCUT2D eigenvalue weighted by Crippen LogP contribution is 2.26. The Morgan fingerprint density at radius 3 is 2.61 bits per heavy atom. The number of hydrogen-bond donors (Lipinski definition) is 2. The lowest BCUT2D eigenvalue weighted by Crippen LogP contribution is -2.28. The Morgan fingerprint density at radius 2 is 2.06 bits per heavy atom. The second-order valence-electron chi connectivity index (χ2n) is 3.90. The molecule has 0 aliphatic carbocycles. The van der Waals surface area contributed by atoms with Gasteiger partial charge in [-0.25, -0.2) is 0 Å². The van der Waals surface area contributed by atoms with E-state index in [0.29, 0.717) is 17.9 Å². The fraction of sp³-hybridized carbons (Fsp3) is 0.462. The van der Waals surface area contributed by atoms with Gasteiger partial charge in [0.15, 0.2) is 0 Å². The van der Waals surface area contributed by atoms with Crippen molar-refractivity contribution in [3.05, 3.63) is 28.2 Å². The third kappa shape index (κ3) is 3.99. The van der Waals surface area contributed by atoms with E-state index in [1.807, 2.05) is 18.2 Å². The molecule has 0 atom stereocenters. The second-order valence-corrected chi connectivity index (χ2v) is 4.76. The van der Waals surface area contributed by atoms with Gasteiger partial charge in [-0.05, 0) is 41.2 Å². The van der Waals surface area contributed by atoms with Crippen molar-refractivity contribution in [3.63, 3.8) is 0 Å². The summed E-state index contributed by atoms with van der Waals surface area (Å²) >= 11 is 3.38. The minimum atomic E-state index is 0.0142. The van der Waals surface area contributed by atoms with Crippen LogP contribution in [0.2, 0.25) is 0 Å². The molecule has 0 unspecified atom stereocenters. The Labute approximate surface area is 117 Å². The maximum absolute atomic E-state index is 7.57. The van der Waals surface area contributed by atoms with Crippen molar-refractivity contribution in [2.45, 2.75) is 13.8 Å². The molecule has 1 aromatic carbocycles. The van der Waals surface area contributed by atoms with Gasteiger partial charge in [-0.1, -0.05) is 19.9 Å². The first-order chi connectivity index (χ1) is 8.60. The Morgan fingerprint density at radius 1 is 1.39 bits per heavy atom.